The van der Waals surface area contributed by atoms with Gasteiger partial charge in [-0.3, -0.25) is 9.69 Å². The van der Waals surface area contributed by atoms with Crippen molar-refractivity contribution in [1.82, 2.24) is 4.90 Å². The van der Waals surface area contributed by atoms with Crippen molar-refractivity contribution in [3.05, 3.63) is 33.4 Å². The number of ether oxygens (including phenoxy) is 1. The van der Waals surface area contributed by atoms with Gasteiger partial charge in [-0.2, -0.15) is 0 Å². The summed E-state index contributed by atoms with van der Waals surface area (Å²) in [7, 11) is 3.58. The van der Waals surface area contributed by atoms with E-state index in [0.29, 0.717) is 13.2 Å². The van der Waals surface area contributed by atoms with Crippen molar-refractivity contribution < 1.29 is 9.53 Å². The number of rotatable bonds is 6. The number of hydrogen-bond acceptors (Lipinski definition) is 3. The van der Waals surface area contributed by atoms with Crippen molar-refractivity contribution in [2.24, 2.45) is 0 Å². The van der Waals surface area contributed by atoms with E-state index in [1.54, 1.807) is 7.11 Å². The van der Waals surface area contributed by atoms with Gasteiger partial charge in [-0.05, 0) is 41.8 Å². The monoisotopic (exact) mass is 333 g/mol. The Morgan fingerprint density at radius 3 is 2.56 bits per heavy atom. The molecule has 0 fully saturated rings. The molecule has 0 aliphatic rings. The van der Waals surface area contributed by atoms with Crippen LogP contribution in [-0.2, 0) is 4.74 Å². The summed E-state index contributed by atoms with van der Waals surface area (Å²) in [6.45, 7) is 1.85. The van der Waals surface area contributed by atoms with Crippen LogP contribution in [0, 0.1) is 3.57 Å². The minimum Gasteiger partial charge on any atom is -0.383 e. The van der Waals surface area contributed by atoms with E-state index in [1.165, 1.54) is 0 Å². The number of hydrogen-bond donors (Lipinski definition) is 0. The van der Waals surface area contributed by atoms with Gasteiger partial charge in [0, 0.05) is 22.8 Å². The van der Waals surface area contributed by atoms with Gasteiger partial charge in [0.25, 0.3) is 0 Å². The van der Waals surface area contributed by atoms with E-state index in [1.807, 2.05) is 36.2 Å². The summed E-state index contributed by atoms with van der Waals surface area (Å²) in [6, 6.07) is 7.63. The predicted molar refractivity (Wildman–Crippen MR) is 72.9 cm³/mol. The van der Waals surface area contributed by atoms with Gasteiger partial charge in [-0.25, -0.2) is 0 Å². The highest BCUT2D eigenvalue weighted by Crippen LogP contribution is 2.07. The average molecular weight is 333 g/mol. The first-order chi connectivity index (χ1) is 7.63. The largest absolute Gasteiger partial charge is 0.383 e. The third-order valence-electron chi connectivity index (χ3n) is 2.26. The quantitative estimate of drug-likeness (QED) is 0.590. The van der Waals surface area contributed by atoms with Gasteiger partial charge < -0.3 is 4.74 Å². The number of carbonyl (C=O) groups excluding carboxylic acids is 1. The molecule has 0 atom stereocenters. The SMILES string of the molecule is COCCN(C)CC(=O)c1ccc(I)cc1. The molecule has 16 heavy (non-hydrogen) atoms. The highest BCUT2D eigenvalue weighted by atomic mass is 127. The Labute approximate surface area is 110 Å². The first kappa shape index (κ1) is 13.6. The molecular formula is C12H16INO2. The van der Waals surface area contributed by atoms with Gasteiger partial charge in [0.15, 0.2) is 5.78 Å². The van der Waals surface area contributed by atoms with Crippen LogP contribution in [0.3, 0.4) is 0 Å². The number of likely N-dealkylation sites (N-methyl/N-ethyl adjacent to an activating group) is 1. The highest BCUT2D eigenvalue weighted by molar-refractivity contribution is 14.1. The minimum atomic E-state index is 0.148. The topological polar surface area (TPSA) is 29.5 Å². The molecule has 0 saturated heterocycles. The van der Waals surface area contributed by atoms with Crippen LogP contribution >= 0.6 is 22.6 Å². The fourth-order valence-electron chi connectivity index (χ4n) is 1.30. The van der Waals surface area contributed by atoms with E-state index in [-0.39, 0.29) is 5.78 Å². The molecule has 1 aromatic rings. The maximum atomic E-state index is 11.8. The molecule has 3 nitrogen and oxygen atoms in total. The smallest absolute Gasteiger partial charge is 0.176 e. The second-order valence-electron chi connectivity index (χ2n) is 3.66. The van der Waals surface area contributed by atoms with Crippen LogP contribution < -0.4 is 0 Å². The third kappa shape index (κ3) is 4.59. The molecule has 0 heterocycles. The first-order valence-corrected chi connectivity index (χ1v) is 6.17. The molecule has 1 rings (SSSR count). The fraction of sp³-hybridized carbons (Fsp3) is 0.417. The number of benzene rings is 1. The molecule has 88 valence electrons. The van der Waals surface area contributed by atoms with Crippen LogP contribution in [0.5, 0.6) is 0 Å². The average Bonchev–Trinajstić information content (AvgIpc) is 2.27. The molecule has 0 spiro atoms. The zero-order valence-electron chi connectivity index (χ0n) is 9.57. The number of ketones is 1. The highest BCUT2D eigenvalue weighted by Gasteiger charge is 2.08. The summed E-state index contributed by atoms with van der Waals surface area (Å²) in [5.74, 6) is 0.148. The van der Waals surface area contributed by atoms with Crippen LogP contribution in [0.1, 0.15) is 10.4 Å². The second-order valence-corrected chi connectivity index (χ2v) is 4.91. The zero-order valence-corrected chi connectivity index (χ0v) is 11.7. The van der Waals surface area contributed by atoms with Gasteiger partial charge in [0.2, 0.25) is 0 Å². The number of nitrogens with zero attached hydrogens (tertiary/aromatic N) is 1. The van der Waals surface area contributed by atoms with E-state index in [2.05, 4.69) is 22.6 Å². The van der Waals surface area contributed by atoms with E-state index >= 15 is 0 Å². The zero-order chi connectivity index (χ0) is 12.0. The molecule has 0 bridgehead atoms. The van der Waals surface area contributed by atoms with Crippen molar-refractivity contribution in [3.8, 4) is 0 Å². The molecule has 0 N–H and O–H groups in total. The van der Waals surface area contributed by atoms with Gasteiger partial charge >= 0.3 is 0 Å². The van der Waals surface area contributed by atoms with Crippen LogP contribution in [-0.4, -0.2) is 44.5 Å². The lowest BCUT2D eigenvalue weighted by molar-refractivity contribution is 0.0922. The molecule has 0 aliphatic carbocycles. The Morgan fingerprint density at radius 1 is 1.38 bits per heavy atom. The summed E-state index contributed by atoms with van der Waals surface area (Å²) < 4.78 is 6.10. The van der Waals surface area contributed by atoms with E-state index in [9.17, 15) is 4.79 Å². The van der Waals surface area contributed by atoms with Gasteiger partial charge in [0.05, 0.1) is 13.2 Å². The maximum absolute atomic E-state index is 11.8. The van der Waals surface area contributed by atoms with Crippen molar-refractivity contribution in [2.45, 2.75) is 0 Å². The summed E-state index contributed by atoms with van der Waals surface area (Å²) in [4.78, 5) is 13.8. The fourth-order valence-corrected chi connectivity index (χ4v) is 1.66. The predicted octanol–water partition coefficient (Wildman–Crippen LogP) is 2.05. The molecule has 0 unspecified atom stereocenters. The lowest BCUT2D eigenvalue weighted by Gasteiger charge is -2.14. The summed E-state index contributed by atoms with van der Waals surface area (Å²) >= 11 is 2.23. The van der Waals surface area contributed by atoms with Crippen LogP contribution in [0.25, 0.3) is 0 Å². The molecule has 0 saturated carbocycles. The van der Waals surface area contributed by atoms with Crippen molar-refractivity contribution in [2.75, 3.05) is 33.9 Å². The molecule has 1 aromatic carbocycles. The van der Waals surface area contributed by atoms with Gasteiger partial charge in [0.1, 0.15) is 0 Å². The minimum absolute atomic E-state index is 0.148. The van der Waals surface area contributed by atoms with E-state index in [0.717, 1.165) is 15.7 Å². The Morgan fingerprint density at radius 2 is 2.00 bits per heavy atom. The molecule has 0 aromatic heterocycles. The summed E-state index contributed by atoms with van der Waals surface area (Å²) in [6.07, 6.45) is 0. The summed E-state index contributed by atoms with van der Waals surface area (Å²) in [5.41, 5.74) is 0.768. The van der Waals surface area contributed by atoms with Gasteiger partial charge in [-0.1, -0.05) is 12.1 Å². The Balaban J connectivity index is 2.48. The van der Waals surface area contributed by atoms with Crippen LogP contribution in [0.4, 0.5) is 0 Å². The number of carbonyl (C=O) groups is 1. The van der Waals surface area contributed by atoms with Crippen LogP contribution in [0.15, 0.2) is 24.3 Å². The summed E-state index contributed by atoms with van der Waals surface area (Å²) in [5, 5.41) is 0. The normalized spacial score (nSPS) is 10.8. The standard InChI is InChI=1S/C12H16INO2/c1-14(7-8-16-2)9-12(15)10-3-5-11(13)6-4-10/h3-6H,7-9H2,1-2H3. The maximum Gasteiger partial charge on any atom is 0.176 e. The molecular weight excluding hydrogens is 317 g/mol. The Hall–Kier alpha value is -0.460. The third-order valence-corrected chi connectivity index (χ3v) is 2.98. The Kier molecular flexibility index (Phi) is 5.94. The lowest BCUT2D eigenvalue weighted by Crippen LogP contribution is -2.29. The van der Waals surface area contributed by atoms with Crippen molar-refractivity contribution in [1.29, 1.82) is 0 Å². The number of Topliss-reactive ketones (excluding diaryl/α,β-unsaturated/α-hetero) is 1. The Bertz CT molecular complexity index is 337. The van der Waals surface area contributed by atoms with Crippen LogP contribution in [0.2, 0.25) is 0 Å². The molecule has 0 radical (unpaired) electrons. The molecule has 0 amide bonds. The number of halogens is 1. The number of methoxy groups -OCH3 is 1. The molecule has 4 heteroatoms. The van der Waals surface area contributed by atoms with Gasteiger partial charge in [-0.15, -0.1) is 0 Å². The molecule has 0 aliphatic heterocycles. The van der Waals surface area contributed by atoms with E-state index < -0.39 is 0 Å². The van der Waals surface area contributed by atoms with Crippen molar-refractivity contribution >= 4 is 28.4 Å². The second kappa shape index (κ2) is 6.98. The first-order valence-electron chi connectivity index (χ1n) is 5.09. The van der Waals surface area contributed by atoms with Crippen molar-refractivity contribution in [3.63, 3.8) is 0 Å². The van der Waals surface area contributed by atoms with E-state index in [4.69, 9.17) is 4.74 Å². The lowest BCUT2D eigenvalue weighted by atomic mass is 10.1.